The maximum absolute atomic E-state index is 13.3. The van der Waals surface area contributed by atoms with Gasteiger partial charge in [-0.25, -0.2) is 4.39 Å². The topological polar surface area (TPSA) is 54.9 Å². The van der Waals surface area contributed by atoms with Gasteiger partial charge in [0.2, 0.25) is 5.95 Å². The van der Waals surface area contributed by atoms with Crippen LogP contribution in [0.3, 0.4) is 0 Å². The Hall–Kier alpha value is -2.44. The van der Waals surface area contributed by atoms with Crippen molar-refractivity contribution < 1.29 is 18.0 Å². The molecule has 1 N–H and O–H groups in total. The first-order chi connectivity index (χ1) is 8.58. The third kappa shape index (κ3) is 2.45. The zero-order chi connectivity index (χ0) is 13.1. The number of nitrogens with zero attached hydrogens (tertiary/aromatic N) is 2. The highest BCUT2D eigenvalue weighted by atomic mass is 19.2. The molecule has 0 aromatic carbocycles. The highest BCUT2D eigenvalue weighted by Gasteiger charge is 2.18. The Morgan fingerprint density at radius 1 is 1.17 bits per heavy atom. The molecule has 2 heterocycles. The van der Waals surface area contributed by atoms with Crippen molar-refractivity contribution in [3.05, 3.63) is 53.9 Å². The van der Waals surface area contributed by atoms with Crippen LogP contribution in [0.25, 0.3) is 0 Å². The van der Waals surface area contributed by atoms with Crippen molar-refractivity contribution in [2.45, 2.75) is 0 Å². The van der Waals surface area contributed by atoms with Gasteiger partial charge >= 0.3 is 0 Å². The summed E-state index contributed by atoms with van der Waals surface area (Å²) in [5.41, 5.74) is -0.427. The van der Waals surface area contributed by atoms with Crippen LogP contribution in [0.2, 0.25) is 0 Å². The third-order valence-corrected chi connectivity index (χ3v) is 2.07. The predicted molar refractivity (Wildman–Crippen MR) is 56.3 cm³/mol. The van der Waals surface area contributed by atoms with Crippen molar-refractivity contribution in [2.75, 3.05) is 5.32 Å². The van der Waals surface area contributed by atoms with Gasteiger partial charge in [-0.15, -0.1) is 0 Å². The molecule has 2 aromatic heterocycles. The Morgan fingerprint density at radius 3 is 2.50 bits per heavy atom. The monoisotopic (exact) mass is 253 g/mol. The number of aromatic nitrogens is 2. The van der Waals surface area contributed by atoms with E-state index in [1.54, 1.807) is 0 Å². The highest BCUT2D eigenvalue weighted by Crippen LogP contribution is 2.13. The molecule has 2 aromatic rings. The number of hydrogen-bond acceptors (Lipinski definition) is 3. The molecule has 0 spiro atoms. The van der Waals surface area contributed by atoms with E-state index in [0.717, 1.165) is 0 Å². The molecule has 0 atom stereocenters. The number of carbonyl (C=O) groups is 1. The summed E-state index contributed by atoms with van der Waals surface area (Å²) >= 11 is 0. The molecular weight excluding hydrogens is 247 g/mol. The number of halogens is 3. The molecule has 4 nitrogen and oxygen atoms in total. The Bertz CT molecular complexity index is 590. The Morgan fingerprint density at radius 2 is 1.83 bits per heavy atom. The fourth-order valence-electron chi connectivity index (χ4n) is 1.27. The summed E-state index contributed by atoms with van der Waals surface area (Å²) in [7, 11) is 0. The van der Waals surface area contributed by atoms with E-state index in [1.165, 1.54) is 24.5 Å². The van der Waals surface area contributed by atoms with E-state index in [0.29, 0.717) is 11.8 Å². The molecule has 0 bridgehead atoms. The maximum Gasteiger partial charge on any atom is 0.258 e. The van der Waals surface area contributed by atoms with Crippen molar-refractivity contribution in [1.82, 2.24) is 9.97 Å². The van der Waals surface area contributed by atoms with Gasteiger partial charge in [0.1, 0.15) is 0 Å². The van der Waals surface area contributed by atoms with Crippen molar-refractivity contribution in [2.24, 2.45) is 0 Å². The molecule has 1 amide bonds. The molecule has 7 heteroatoms. The van der Waals surface area contributed by atoms with Gasteiger partial charge < -0.3 is 5.32 Å². The quantitative estimate of drug-likeness (QED) is 0.834. The molecule has 0 aliphatic carbocycles. The number of amides is 1. The van der Waals surface area contributed by atoms with Gasteiger partial charge in [-0.2, -0.15) is 13.8 Å². The molecule has 0 aliphatic heterocycles. The lowest BCUT2D eigenvalue weighted by Gasteiger charge is -2.05. The number of rotatable bonds is 2. The van der Waals surface area contributed by atoms with Gasteiger partial charge in [0.05, 0.1) is 5.56 Å². The first-order valence-corrected chi connectivity index (χ1v) is 4.81. The smallest absolute Gasteiger partial charge is 0.258 e. The minimum atomic E-state index is -1.66. The lowest BCUT2D eigenvalue weighted by molar-refractivity contribution is 0.102. The second kappa shape index (κ2) is 4.82. The van der Waals surface area contributed by atoms with E-state index >= 15 is 0 Å². The fourth-order valence-corrected chi connectivity index (χ4v) is 1.27. The molecule has 0 unspecified atom stereocenters. The van der Waals surface area contributed by atoms with E-state index in [1.807, 2.05) is 0 Å². The normalized spacial score (nSPS) is 10.2. The van der Waals surface area contributed by atoms with Gasteiger partial charge in [-0.3, -0.25) is 9.78 Å². The summed E-state index contributed by atoms with van der Waals surface area (Å²) in [5, 5.41) is 2.27. The molecule has 18 heavy (non-hydrogen) atoms. The summed E-state index contributed by atoms with van der Waals surface area (Å²) < 4.78 is 38.9. The number of carbonyl (C=O) groups excluding carboxylic acids is 1. The lowest BCUT2D eigenvalue weighted by atomic mass is 10.2. The van der Waals surface area contributed by atoms with E-state index < -0.39 is 29.2 Å². The van der Waals surface area contributed by atoms with Crippen LogP contribution in [0.5, 0.6) is 0 Å². The summed E-state index contributed by atoms with van der Waals surface area (Å²) in [6.45, 7) is 0. The maximum atomic E-state index is 13.3. The van der Waals surface area contributed by atoms with Gasteiger partial charge in [0.25, 0.3) is 11.9 Å². The zero-order valence-electron chi connectivity index (χ0n) is 8.82. The highest BCUT2D eigenvalue weighted by molar-refractivity contribution is 6.04. The third-order valence-electron chi connectivity index (χ3n) is 2.07. The molecule has 0 radical (unpaired) electrons. The van der Waals surface area contributed by atoms with Gasteiger partial charge in [-0.05, 0) is 12.1 Å². The predicted octanol–water partition coefficient (Wildman–Crippen LogP) is 2.15. The summed E-state index contributed by atoms with van der Waals surface area (Å²) in [5.74, 6) is -5.40. The first-order valence-electron chi connectivity index (χ1n) is 4.81. The van der Waals surface area contributed by atoms with Crippen molar-refractivity contribution in [3.63, 3.8) is 0 Å². The van der Waals surface area contributed by atoms with Crippen LogP contribution in [0.4, 0.5) is 18.9 Å². The number of anilines is 1. The second-order valence-corrected chi connectivity index (χ2v) is 3.29. The summed E-state index contributed by atoms with van der Waals surface area (Å²) in [6.07, 6.45) is 2.80. The molecular formula is C11H6F3N3O. The Balaban J connectivity index is 2.30. The van der Waals surface area contributed by atoms with E-state index in [4.69, 9.17) is 0 Å². The van der Waals surface area contributed by atoms with E-state index in [9.17, 15) is 18.0 Å². The molecule has 92 valence electrons. The number of hydrogen-bond donors (Lipinski definition) is 1. The molecule has 0 saturated heterocycles. The fraction of sp³-hybridized carbons (Fsp3) is 0. The van der Waals surface area contributed by atoms with Crippen molar-refractivity contribution in [1.29, 1.82) is 0 Å². The van der Waals surface area contributed by atoms with Crippen LogP contribution < -0.4 is 5.32 Å². The van der Waals surface area contributed by atoms with E-state index in [2.05, 4.69) is 15.3 Å². The van der Waals surface area contributed by atoms with Crippen molar-refractivity contribution in [3.8, 4) is 0 Å². The van der Waals surface area contributed by atoms with Crippen LogP contribution in [0, 0.1) is 17.7 Å². The van der Waals surface area contributed by atoms with Crippen LogP contribution in [0.15, 0.2) is 30.6 Å². The minimum Gasteiger partial charge on any atom is -0.322 e. The average Bonchev–Trinajstić information content (AvgIpc) is 2.35. The Labute approximate surface area is 99.5 Å². The Kier molecular flexibility index (Phi) is 3.22. The average molecular weight is 253 g/mol. The molecule has 0 aliphatic rings. The summed E-state index contributed by atoms with van der Waals surface area (Å²) in [4.78, 5) is 17.9. The first kappa shape index (κ1) is 12.0. The van der Waals surface area contributed by atoms with Gasteiger partial charge in [-0.1, -0.05) is 0 Å². The zero-order valence-corrected chi connectivity index (χ0v) is 8.82. The lowest BCUT2D eigenvalue weighted by Crippen LogP contribution is -2.16. The van der Waals surface area contributed by atoms with Crippen molar-refractivity contribution >= 4 is 11.6 Å². The van der Waals surface area contributed by atoms with Crippen LogP contribution >= 0.6 is 0 Å². The number of pyridine rings is 2. The standard InChI is InChI=1S/C11H6F3N3O/c12-8-5-7(9(13)10(14)17-8)11(18)16-6-1-3-15-4-2-6/h1-5H,(H,15,16,18). The second-order valence-electron chi connectivity index (χ2n) is 3.29. The minimum absolute atomic E-state index is 0.326. The SMILES string of the molecule is O=C(Nc1ccncc1)c1cc(F)nc(F)c1F. The van der Waals surface area contributed by atoms with Crippen LogP contribution in [-0.2, 0) is 0 Å². The number of nitrogens with one attached hydrogen (secondary N) is 1. The van der Waals surface area contributed by atoms with Crippen LogP contribution in [-0.4, -0.2) is 15.9 Å². The summed E-state index contributed by atoms with van der Waals surface area (Å²) in [6, 6.07) is 3.42. The van der Waals surface area contributed by atoms with Gasteiger partial charge in [0, 0.05) is 24.1 Å². The molecule has 0 fully saturated rings. The van der Waals surface area contributed by atoms with E-state index in [-0.39, 0.29) is 0 Å². The van der Waals surface area contributed by atoms with Crippen LogP contribution in [0.1, 0.15) is 10.4 Å². The van der Waals surface area contributed by atoms with Gasteiger partial charge in [0.15, 0.2) is 5.82 Å². The molecule has 2 rings (SSSR count). The largest absolute Gasteiger partial charge is 0.322 e. The molecule has 0 saturated carbocycles.